The van der Waals surface area contributed by atoms with Crippen LogP contribution in [0.1, 0.15) is 19.4 Å². The third-order valence-electron chi connectivity index (χ3n) is 2.54. The highest BCUT2D eigenvalue weighted by Gasteiger charge is 2.18. The van der Waals surface area contributed by atoms with Gasteiger partial charge in [-0.3, -0.25) is 0 Å². The second-order valence-corrected chi connectivity index (χ2v) is 5.00. The molecule has 17 heavy (non-hydrogen) atoms. The van der Waals surface area contributed by atoms with Gasteiger partial charge in [-0.05, 0) is 26.0 Å². The van der Waals surface area contributed by atoms with Crippen LogP contribution in [0.5, 0.6) is 5.75 Å². The smallest absolute Gasteiger partial charge is 0.124 e. The Hall–Kier alpha value is -0.770. The molecule has 1 aromatic rings. The number of benzene rings is 1. The average molecular weight is 258 g/mol. The lowest BCUT2D eigenvalue weighted by Crippen LogP contribution is -2.42. The maximum absolute atomic E-state index is 6.16. The lowest BCUT2D eigenvalue weighted by Gasteiger charge is -2.26. The summed E-state index contributed by atoms with van der Waals surface area (Å²) >= 11 is 6.16. The molecule has 0 aliphatic carbocycles. The largest absolute Gasteiger partial charge is 0.496 e. The summed E-state index contributed by atoms with van der Waals surface area (Å²) < 4.78 is 10.5. The van der Waals surface area contributed by atoms with Crippen LogP contribution in [-0.4, -0.2) is 26.4 Å². The Labute approximate surface area is 108 Å². The minimum atomic E-state index is -0.0983. The van der Waals surface area contributed by atoms with E-state index in [1.807, 2.05) is 18.2 Å². The molecule has 1 rings (SSSR count). The van der Waals surface area contributed by atoms with Crippen LogP contribution in [0.4, 0.5) is 0 Å². The maximum Gasteiger partial charge on any atom is 0.124 e. The van der Waals surface area contributed by atoms with Crippen molar-refractivity contribution in [2.24, 2.45) is 0 Å². The van der Waals surface area contributed by atoms with Gasteiger partial charge in [-0.1, -0.05) is 17.7 Å². The first-order valence-corrected chi connectivity index (χ1v) is 5.93. The number of nitrogens with one attached hydrogen (secondary N) is 1. The van der Waals surface area contributed by atoms with Gasteiger partial charge >= 0.3 is 0 Å². The van der Waals surface area contributed by atoms with Crippen LogP contribution in [0.2, 0.25) is 5.02 Å². The van der Waals surface area contributed by atoms with Crippen LogP contribution in [0, 0.1) is 0 Å². The molecule has 4 heteroatoms. The normalized spacial score (nSPS) is 11.6. The summed E-state index contributed by atoms with van der Waals surface area (Å²) in [5.74, 6) is 0.804. The van der Waals surface area contributed by atoms with Crippen LogP contribution in [0.25, 0.3) is 0 Å². The third kappa shape index (κ3) is 4.19. The number of hydrogen-bond donors (Lipinski definition) is 1. The number of rotatable bonds is 6. The monoisotopic (exact) mass is 257 g/mol. The fourth-order valence-electron chi connectivity index (χ4n) is 1.64. The first kappa shape index (κ1) is 14.3. The Morgan fingerprint density at radius 3 is 2.59 bits per heavy atom. The minimum Gasteiger partial charge on any atom is -0.496 e. The van der Waals surface area contributed by atoms with Crippen molar-refractivity contribution < 1.29 is 9.47 Å². The van der Waals surface area contributed by atoms with Crippen molar-refractivity contribution in [3.8, 4) is 5.75 Å². The van der Waals surface area contributed by atoms with Gasteiger partial charge < -0.3 is 14.8 Å². The van der Waals surface area contributed by atoms with Crippen molar-refractivity contribution in [3.63, 3.8) is 0 Å². The highest BCUT2D eigenvalue weighted by atomic mass is 35.5. The van der Waals surface area contributed by atoms with Crippen LogP contribution in [0.15, 0.2) is 18.2 Å². The molecule has 0 bridgehead atoms. The predicted molar refractivity (Wildman–Crippen MR) is 70.8 cm³/mol. The van der Waals surface area contributed by atoms with Crippen molar-refractivity contribution in [1.82, 2.24) is 5.32 Å². The summed E-state index contributed by atoms with van der Waals surface area (Å²) in [5, 5.41) is 4.12. The van der Waals surface area contributed by atoms with Crippen molar-refractivity contribution in [2.75, 3.05) is 20.8 Å². The summed E-state index contributed by atoms with van der Waals surface area (Å²) in [7, 11) is 3.34. The van der Waals surface area contributed by atoms with Crippen molar-refractivity contribution in [3.05, 3.63) is 28.8 Å². The zero-order chi connectivity index (χ0) is 12.9. The van der Waals surface area contributed by atoms with Gasteiger partial charge in [-0.25, -0.2) is 0 Å². The fourth-order valence-corrected chi connectivity index (χ4v) is 1.87. The van der Waals surface area contributed by atoms with Gasteiger partial charge in [0.15, 0.2) is 0 Å². The molecule has 0 fully saturated rings. The first-order valence-electron chi connectivity index (χ1n) is 5.55. The third-order valence-corrected chi connectivity index (χ3v) is 2.90. The van der Waals surface area contributed by atoms with Crippen LogP contribution >= 0.6 is 11.6 Å². The zero-order valence-electron chi connectivity index (χ0n) is 10.8. The Bertz CT molecular complexity index is 366. The zero-order valence-corrected chi connectivity index (χ0v) is 11.6. The van der Waals surface area contributed by atoms with Gasteiger partial charge in [-0.2, -0.15) is 0 Å². The van der Waals surface area contributed by atoms with Crippen LogP contribution in [0.3, 0.4) is 0 Å². The van der Waals surface area contributed by atoms with Crippen molar-refractivity contribution in [1.29, 1.82) is 0 Å². The van der Waals surface area contributed by atoms with E-state index in [-0.39, 0.29) is 5.54 Å². The van der Waals surface area contributed by atoms with Crippen molar-refractivity contribution in [2.45, 2.75) is 25.9 Å². The molecule has 0 saturated heterocycles. The van der Waals surface area contributed by atoms with Crippen molar-refractivity contribution >= 4 is 11.6 Å². The molecule has 0 radical (unpaired) electrons. The van der Waals surface area contributed by atoms with Gasteiger partial charge in [0, 0.05) is 29.8 Å². The molecule has 0 aliphatic rings. The van der Waals surface area contributed by atoms with E-state index in [2.05, 4.69) is 19.2 Å². The summed E-state index contributed by atoms with van der Waals surface area (Å²) in [5.41, 5.74) is 0.875. The highest BCUT2D eigenvalue weighted by molar-refractivity contribution is 6.31. The van der Waals surface area contributed by atoms with Gasteiger partial charge in [0.2, 0.25) is 0 Å². The van der Waals surface area contributed by atoms with E-state index in [0.29, 0.717) is 18.2 Å². The minimum absolute atomic E-state index is 0.0983. The number of ether oxygens (including phenoxy) is 2. The Balaban J connectivity index is 2.75. The molecule has 1 aromatic carbocycles. The van der Waals surface area contributed by atoms with Crippen LogP contribution in [-0.2, 0) is 11.3 Å². The Kier molecular flexibility index (Phi) is 5.25. The number of halogens is 1. The summed E-state index contributed by atoms with van der Waals surface area (Å²) in [4.78, 5) is 0. The molecular weight excluding hydrogens is 238 g/mol. The lowest BCUT2D eigenvalue weighted by molar-refractivity contribution is 0.127. The standard InChI is InChI=1S/C13H20ClNO2/c1-13(2,9-16-3)15-8-10-11(14)6-5-7-12(10)17-4/h5-7,15H,8-9H2,1-4H3. The highest BCUT2D eigenvalue weighted by Crippen LogP contribution is 2.26. The van der Waals surface area contributed by atoms with E-state index in [0.717, 1.165) is 11.3 Å². The summed E-state index contributed by atoms with van der Waals surface area (Å²) in [6, 6.07) is 5.65. The van der Waals surface area contributed by atoms with E-state index in [1.165, 1.54) is 0 Å². The molecule has 0 amide bonds. The SMILES string of the molecule is COCC(C)(C)NCc1c(Cl)cccc1OC. The molecule has 0 unspecified atom stereocenters. The maximum atomic E-state index is 6.16. The molecule has 0 aliphatic heterocycles. The molecule has 0 heterocycles. The second-order valence-electron chi connectivity index (χ2n) is 4.59. The molecule has 0 aromatic heterocycles. The quantitative estimate of drug-likeness (QED) is 0.850. The topological polar surface area (TPSA) is 30.5 Å². The molecule has 0 atom stereocenters. The second kappa shape index (κ2) is 6.24. The summed E-state index contributed by atoms with van der Waals surface area (Å²) in [6.45, 7) is 5.46. The van der Waals surface area contributed by atoms with E-state index in [4.69, 9.17) is 21.1 Å². The Morgan fingerprint density at radius 2 is 2.00 bits per heavy atom. The van der Waals surface area contributed by atoms with E-state index in [1.54, 1.807) is 14.2 Å². The molecule has 0 saturated carbocycles. The summed E-state index contributed by atoms with van der Waals surface area (Å²) in [6.07, 6.45) is 0. The average Bonchev–Trinajstić information content (AvgIpc) is 2.27. The fraction of sp³-hybridized carbons (Fsp3) is 0.538. The number of methoxy groups -OCH3 is 2. The molecular formula is C13H20ClNO2. The molecule has 96 valence electrons. The van der Waals surface area contributed by atoms with Gasteiger partial charge in [0.1, 0.15) is 5.75 Å². The van der Waals surface area contributed by atoms with Gasteiger partial charge in [0.05, 0.1) is 13.7 Å². The lowest BCUT2D eigenvalue weighted by atomic mass is 10.1. The van der Waals surface area contributed by atoms with Gasteiger partial charge in [-0.15, -0.1) is 0 Å². The van der Waals surface area contributed by atoms with E-state index >= 15 is 0 Å². The number of hydrogen-bond acceptors (Lipinski definition) is 3. The van der Waals surface area contributed by atoms with Crippen LogP contribution < -0.4 is 10.1 Å². The molecule has 3 nitrogen and oxygen atoms in total. The molecule has 1 N–H and O–H groups in total. The Morgan fingerprint density at radius 1 is 1.29 bits per heavy atom. The first-order chi connectivity index (χ1) is 8.00. The predicted octanol–water partition coefficient (Wildman–Crippen LogP) is 2.86. The molecule has 0 spiro atoms. The van der Waals surface area contributed by atoms with E-state index < -0.39 is 0 Å². The van der Waals surface area contributed by atoms with Gasteiger partial charge in [0.25, 0.3) is 0 Å². The van der Waals surface area contributed by atoms with E-state index in [9.17, 15) is 0 Å².